The molecule has 16 unspecified atom stereocenters. The van der Waals surface area contributed by atoms with Crippen LogP contribution in [0.4, 0.5) is 0 Å². The minimum Gasteiger partial charge on any atom is -0.394 e. The first-order valence-corrected chi connectivity index (χ1v) is 48.2. The summed E-state index contributed by atoms with van der Waals surface area (Å²) < 4.78 is 97.3. The van der Waals surface area contributed by atoms with Gasteiger partial charge in [0.05, 0.1) is 79.3 Å². The van der Waals surface area contributed by atoms with Gasteiger partial charge in [0.25, 0.3) is 0 Å². The van der Waals surface area contributed by atoms with Crippen molar-refractivity contribution in [2.75, 3.05) is 79.3 Å². The van der Waals surface area contributed by atoms with Crippen molar-refractivity contribution >= 4 is 0 Å². The highest BCUT2D eigenvalue weighted by Gasteiger charge is 2.58. The summed E-state index contributed by atoms with van der Waals surface area (Å²) in [4.78, 5) is 0. The summed E-state index contributed by atoms with van der Waals surface area (Å²) in [5, 5.41) is 310. The molecule has 8 saturated heterocycles. The third-order valence-corrected chi connectivity index (χ3v) is 27.3. The number of hydrogen-bond donors (Lipinski definition) is 28. The lowest BCUT2D eigenvalue weighted by Crippen LogP contribution is -2.65. The fourth-order valence-electron chi connectivity index (χ4n) is 19.0. The Hall–Kier alpha value is -2.54. The summed E-state index contributed by atoms with van der Waals surface area (Å²) in [6, 6.07) is 6.98. The molecule has 0 radical (unpaired) electrons. The fourth-order valence-corrected chi connectivity index (χ4v) is 19.0. The highest BCUT2D eigenvalue weighted by atomic mass is 16.8. The van der Waals surface area contributed by atoms with Crippen LogP contribution in [0.15, 0.2) is 24.3 Å². The quantitative estimate of drug-likeness (QED) is 0.0270. The highest BCUT2D eigenvalue weighted by molar-refractivity contribution is 5.26. The molecule has 28 N–H and O–H groups in total. The maximum absolute atomic E-state index is 12.2. The molecular formula is C90H158O44. The van der Waals surface area contributed by atoms with Crippen LogP contribution in [0.2, 0.25) is 0 Å². The van der Waals surface area contributed by atoms with Gasteiger partial charge in [-0.15, -0.1) is 0 Å². The van der Waals surface area contributed by atoms with E-state index in [1.54, 1.807) is 24.3 Å². The van der Waals surface area contributed by atoms with Crippen LogP contribution in [0.25, 0.3) is 0 Å². The predicted molar refractivity (Wildman–Crippen MR) is 460 cm³/mol. The molecule has 0 saturated carbocycles. The number of aliphatic hydroxyl groups is 28. The van der Waals surface area contributed by atoms with Gasteiger partial charge >= 0.3 is 0 Å². The lowest BCUT2D eigenvalue weighted by Gasteiger charge is -2.47. The van der Waals surface area contributed by atoms with Crippen LogP contribution in [0.3, 0.4) is 0 Å². The molecule has 44 heteroatoms. The van der Waals surface area contributed by atoms with Gasteiger partial charge in [-0.3, -0.25) is 0 Å². The number of rotatable bonds is 58. The Bertz CT molecular complexity index is 2960. The molecule has 782 valence electrons. The topological polar surface area (TPSA) is 714 Å². The molecule has 0 aliphatic carbocycles. The Morgan fingerprint density at radius 2 is 0.410 bits per heavy atom. The minimum absolute atomic E-state index is 0.114. The Morgan fingerprint density at radius 3 is 0.612 bits per heavy atom. The summed E-state index contributed by atoms with van der Waals surface area (Å²) >= 11 is 0. The molecule has 1 aromatic carbocycles. The van der Waals surface area contributed by atoms with Gasteiger partial charge < -0.3 is 219 Å². The molecule has 8 fully saturated rings. The molecule has 44 nitrogen and oxygen atoms in total. The van der Waals surface area contributed by atoms with Gasteiger partial charge in [0, 0.05) is 10.8 Å². The van der Waals surface area contributed by atoms with E-state index in [0.29, 0.717) is 36.8 Å². The first-order valence-electron chi connectivity index (χ1n) is 48.2. The van der Waals surface area contributed by atoms with Crippen LogP contribution >= 0.6 is 0 Å². The van der Waals surface area contributed by atoms with Crippen molar-refractivity contribution in [3.63, 3.8) is 0 Å². The summed E-state index contributed by atoms with van der Waals surface area (Å²) in [6.07, 6.45) is -51.8. The van der Waals surface area contributed by atoms with Gasteiger partial charge in [-0.1, -0.05) is 192 Å². The van der Waals surface area contributed by atoms with E-state index in [4.69, 9.17) is 75.8 Å². The number of ether oxygens (including phenoxy) is 16. The van der Waals surface area contributed by atoms with Crippen molar-refractivity contribution in [3.8, 4) is 0 Å². The minimum atomic E-state index is -2.08. The predicted octanol–water partition coefficient (Wildman–Crippen LogP) is -6.51. The van der Waals surface area contributed by atoms with E-state index in [2.05, 4.69) is 13.8 Å². The molecule has 0 aromatic heterocycles. The van der Waals surface area contributed by atoms with Crippen LogP contribution in [-0.2, 0) is 88.6 Å². The lowest BCUT2D eigenvalue weighted by atomic mass is 9.76. The molecule has 8 aliphatic heterocycles. The van der Waals surface area contributed by atoms with Gasteiger partial charge in [-0.2, -0.15) is 0 Å². The number of unbranched alkanes of at least 4 members (excludes halogenated alkanes) is 22. The Morgan fingerprint density at radius 1 is 0.224 bits per heavy atom. The van der Waals surface area contributed by atoms with Gasteiger partial charge in [0.2, 0.25) is 0 Å². The lowest BCUT2D eigenvalue weighted by molar-refractivity contribution is -0.365. The van der Waals surface area contributed by atoms with Crippen LogP contribution in [-0.4, -0.2) is 468 Å². The molecule has 1 aromatic rings. The molecule has 40 atom stereocenters. The highest BCUT2D eigenvalue weighted by Crippen LogP contribution is 2.43. The first-order chi connectivity index (χ1) is 64.3. The molecule has 8 heterocycles. The second kappa shape index (κ2) is 57.2. The zero-order valence-electron chi connectivity index (χ0n) is 76.7. The van der Waals surface area contributed by atoms with Gasteiger partial charge in [0.15, 0.2) is 50.3 Å². The molecule has 9 rings (SSSR count). The second-order valence-electron chi connectivity index (χ2n) is 37.7. The zero-order chi connectivity index (χ0) is 97.7. The van der Waals surface area contributed by atoms with Crippen LogP contribution < -0.4 is 0 Å². The van der Waals surface area contributed by atoms with Crippen molar-refractivity contribution in [2.24, 2.45) is 10.8 Å². The SMILES string of the molecule is CCCCCCCCCCCCCCC(CO[C@@H]1OC(CO)[C@@H](O[C@H]2OC(CO)[C@@H](O)[C@H](O)C2O)[C@H](O)C1O)(CO[C@@H]1OC(CO)[C@@H](O[C@H]2OC(CO)[C@@H](O)[C@H](O)C2O)[C@H](O)C1O)Cc1cccc(CC(CCCCCCCCCCCCCC)(CO[C@@H]2OC(CO)[C@@H](O[C@@H]3OC(CO)[C@@H](O)[C@H](O)C3O)[C@H](O)C2O)CO[C@@H]2OC(CO)[C@@H](O[C@@H]3OC(CO)[C@@H](O)[C@H](O)C3O)[C@H](O)C2O)c1. The summed E-state index contributed by atoms with van der Waals surface area (Å²) in [6.45, 7) is -5.09. The summed E-state index contributed by atoms with van der Waals surface area (Å²) in [5.74, 6) is 0. The molecule has 0 amide bonds. The van der Waals surface area contributed by atoms with Crippen molar-refractivity contribution in [1.29, 1.82) is 0 Å². The van der Waals surface area contributed by atoms with E-state index in [-0.39, 0.29) is 25.7 Å². The van der Waals surface area contributed by atoms with Crippen LogP contribution in [0.5, 0.6) is 0 Å². The van der Waals surface area contributed by atoms with E-state index < -0.39 is 336 Å². The van der Waals surface area contributed by atoms with Crippen molar-refractivity contribution in [1.82, 2.24) is 0 Å². The first kappa shape index (κ1) is 115. The Kier molecular flexibility index (Phi) is 49.1. The second-order valence-corrected chi connectivity index (χ2v) is 37.7. The standard InChI is InChI=1S/C90H158O44/c1-3-5-7-9-11-13-15-17-19-21-23-25-30-89(43-119-81-73(115)65(107)77(53(39-95)127-81)131-85-69(111)61(103)57(99)49(35-91)123-85,44-120-82-74(116)66(108)78(54(40-96)128-82)132-86-70(112)62(104)58(100)50(36-92)124-86)33-47-28-27-29-48(32-47)34-90(31-26-24-22-20-18-16-14-12-10-8-6-4-2,45-121-83-75(117)67(109)79(55(41-97)129-83)133-87-71(113)63(105)59(101)51(37-93)125-87)46-122-84-76(118)68(110)80(56(42-98)130-84)134-88-72(114)64(106)60(102)52(38-94)126-88/h27-29,32,49-88,91-118H,3-26,30-31,33-46H2,1-2H3/t49?,50?,51?,52?,53?,54?,55?,56?,57-,58-,59-,60-,61+,62+,63+,64+,65-,66-,67-,68-,69?,70?,71?,72?,73?,74?,75?,76?,77-,78-,79-,80-,81-,82-,83-,84-,85-,86-,87+,88+,89?,90?/m1/s1. The number of benzene rings is 1. The van der Waals surface area contributed by atoms with E-state index in [9.17, 15) is 143 Å². The fraction of sp³-hybridized carbons (Fsp3) is 0.933. The molecule has 0 spiro atoms. The number of hydrogen-bond acceptors (Lipinski definition) is 44. The maximum atomic E-state index is 12.2. The normalized spacial score (nSPS) is 40.6. The molecule has 8 aliphatic rings. The van der Waals surface area contributed by atoms with Gasteiger partial charge in [-0.05, 0) is 36.8 Å². The average molecular weight is 1940 g/mol. The van der Waals surface area contributed by atoms with Crippen LogP contribution in [0, 0.1) is 10.8 Å². The van der Waals surface area contributed by atoms with Gasteiger partial charge in [0.1, 0.15) is 195 Å². The maximum Gasteiger partial charge on any atom is 0.187 e. The third kappa shape index (κ3) is 30.8. The van der Waals surface area contributed by atoms with Crippen molar-refractivity contribution < 1.29 is 219 Å². The molecular weight excluding hydrogens is 1780 g/mol. The van der Waals surface area contributed by atoms with Crippen molar-refractivity contribution in [3.05, 3.63) is 35.4 Å². The smallest absolute Gasteiger partial charge is 0.187 e. The van der Waals surface area contributed by atoms with E-state index in [0.717, 1.165) is 128 Å². The zero-order valence-corrected chi connectivity index (χ0v) is 76.7. The van der Waals surface area contributed by atoms with E-state index in [1.807, 2.05) is 0 Å². The van der Waals surface area contributed by atoms with E-state index >= 15 is 0 Å². The Balaban J connectivity index is 1.10. The molecule has 134 heavy (non-hydrogen) atoms. The molecule has 0 bridgehead atoms. The van der Waals surface area contributed by atoms with E-state index in [1.165, 1.54) is 0 Å². The van der Waals surface area contributed by atoms with Crippen molar-refractivity contribution in [2.45, 2.75) is 439 Å². The third-order valence-electron chi connectivity index (χ3n) is 27.3. The summed E-state index contributed by atoms with van der Waals surface area (Å²) in [5.41, 5.74) is -1.97. The average Bonchev–Trinajstić information content (AvgIpc) is 0.793. The summed E-state index contributed by atoms with van der Waals surface area (Å²) in [7, 11) is 0. The largest absolute Gasteiger partial charge is 0.394 e. The van der Waals surface area contributed by atoms with Crippen LogP contribution in [0.1, 0.15) is 192 Å². The van der Waals surface area contributed by atoms with Gasteiger partial charge in [-0.25, -0.2) is 0 Å². The monoisotopic (exact) mass is 1940 g/mol. The Labute approximate surface area is 780 Å². The number of aliphatic hydroxyl groups excluding tert-OH is 28.